The van der Waals surface area contributed by atoms with Crippen LogP contribution < -0.4 is 5.32 Å². The van der Waals surface area contributed by atoms with E-state index in [1.165, 1.54) is 12.3 Å². The number of nitrogens with zero attached hydrogens (tertiary/aromatic N) is 1. The van der Waals surface area contributed by atoms with Crippen LogP contribution in [0.15, 0.2) is 18.3 Å². The molecule has 1 unspecified atom stereocenters. The molecule has 0 fully saturated rings. The molecule has 0 saturated carbocycles. The molecule has 0 aliphatic carbocycles. The highest BCUT2D eigenvalue weighted by molar-refractivity contribution is 5.09. The fourth-order valence-electron chi connectivity index (χ4n) is 1.69. The van der Waals surface area contributed by atoms with Gasteiger partial charge in [-0.25, -0.2) is 4.39 Å². The molecule has 1 N–H and O–H groups in total. The topological polar surface area (TPSA) is 24.9 Å². The van der Waals surface area contributed by atoms with Crippen LogP contribution in [-0.4, -0.2) is 11.5 Å². The van der Waals surface area contributed by atoms with Gasteiger partial charge in [-0.05, 0) is 37.4 Å². The van der Waals surface area contributed by atoms with Crippen LogP contribution >= 0.6 is 0 Å². The maximum absolute atomic E-state index is 12.8. The van der Waals surface area contributed by atoms with E-state index in [2.05, 4.69) is 31.1 Å². The number of halogens is 1. The maximum atomic E-state index is 12.8. The van der Waals surface area contributed by atoms with Gasteiger partial charge in [0.05, 0.1) is 11.9 Å². The zero-order valence-electron chi connectivity index (χ0n) is 10.3. The number of rotatable bonds is 6. The molecule has 0 amide bonds. The fraction of sp³-hybridized carbons (Fsp3) is 0.615. The van der Waals surface area contributed by atoms with Gasteiger partial charge in [0.1, 0.15) is 5.82 Å². The molecule has 0 bridgehead atoms. The predicted octanol–water partition coefficient (Wildman–Crippen LogP) is 3.31. The standard InChI is InChI=1S/C13H21FN2/c1-4-15-12(7-5-10(2)3)13-8-6-11(14)9-16-13/h6,8-10,12,15H,4-5,7H2,1-3H3. The van der Waals surface area contributed by atoms with Gasteiger partial charge in [-0.1, -0.05) is 20.8 Å². The molecule has 0 aliphatic heterocycles. The van der Waals surface area contributed by atoms with Gasteiger partial charge in [0, 0.05) is 6.04 Å². The monoisotopic (exact) mass is 224 g/mol. The number of hydrogen-bond acceptors (Lipinski definition) is 2. The summed E-state index contributed by atoms with van der Waals surface area (Å²) < 4.78 is 12.8. The lowest BCUT2D eigenvalue weighted by molar-refractivity contribution is 0.440. The van der Waals surface area contributed by atoms with Gasteiger partial charge in [0.2, 0.25) is 0 Å². The summed E-state index contributed by atoms with van der Waals surface area (Å²) in [5, 5.41) is 3.39. The summed E-state index contributed by atoms with van der Waals surface area (Å²) in [6, 6.07) is 3.48. The van der Waals surface area contributed by atoms with E-state index in [1.807, 2.05) is 0 Å². The minimum Gasteiger partial charge on any atom is -0.309 e. The van der Waals surface area contributed by atoms with Crippen LogP contribution in [0.1, 0.15) is 45.3 Å². The normalized spacial score (nSPS) is 13.1. The number of nitrogens with one attached hydrogen (secondary N) is 1. The van der Waals surface area contributed by atoms with E-state index in [9.17, 15) is 4.39 Å². The van der Waals surface area contributed by atoms with E-state index in [1.54, 1.807) is 6.07 Å². The van der Waals surface area contributed by atoms with Crippen molar-refractivity contribution in [3.63, 3.8) is 0 Å². The Labute approximate surface area is 97.3 Å². The van der Waals surface area contributed by atoms with Gasteiger partial charge in [0.15, 0.2) is 0 Å². The molecule has 0 spiro atoms. The zero-order valence-corrected chi connectivity index (χ0v) is 10.3. The first-order chi connectivity index (χ1) is 7.63. The Kier molecular flexibility index (Phi) is 5.39. The largest absolute Gasteiger partial charge is 0.309 e. The molecule has 0 aromatic carbocycles. The van der Waals surface area contributed by atoms with Gasteiger partial charge < -0.3 is 5.32 Å². The highest BCUT2D eigenvalue weighted by atomic mass is 19.1. The highest BCUT2D eigenvalue weighted by Gasteiger charge is 2.12. The summed E-state index contributed by atoms with van der Waals surface area (Å²) in [6.45, 7) is 7.40. The Morgan fingerprint density at radius 3 is 2.56 bits per heavy atom. The van der Waals surface area contributed by atoms with Crippen molar-refractivity contribution in [2.24, 2.45) is 5.92 Å². The molecule has 0 aliphatic rings. The second kappa shape index (κ2) is 6.59. The number of hydrogen-bond donors (Lipinski definition) is 1. The van der Waals surface area contributed by atoms with Crippen molar-refractivity contribution in [2.45, 2.75) is 39.7 Å². The SMILES string of the molecule is CCNC(CCC(C)C)c1ccc(F)cn1. The first-order valence-electron chi connectivity index (χ1n) is 5.98. The van der Waals surface area contributed by atoms with Crippen LogP contribution in [0.3, 0.4) is 0 Å². The summed E-state index contributed by atoms with van der Waals surface area (Å²) in [5.41, 5.74) is 0.934. The summed E-state index contributed by atoms with van der Waals surface area (Å²) in [7, 11) is 0. The Balaban J connectivity index is 2.64. The minimum atomic E-state index is -0.275. The Bertz CT molecular complexity index is 295. The fourth-order valence-corrected chi connectivity index (χ4v) is 1.69. The lowest BCUT2D eigenvalue weighted by atomic mass is 10.0. The first kappa shape index (κ1) is 13.1. The van der Waals surface area contributed by atoms with Gasteiger partial charge in [0.25, 0.3) is 0 Å². The molecule has 0 radical (unpaired) electrons. The summed E-state index contributed by atoms with van der Waals surface area (Å²) >= 11 is 0. The Morgan fingerprint density at radius 1 is 1.31 bits per heavy atom. The Morgan fingerprint density at radius 2 is 2.06 bits per heavy atom. The van der Waals surface area contributed by atoms with Crippen LogP contribution in [0.25, 0.3) is 0 Å². The molecule has 0 saturated heterocycles. The molecule has 16 heavy (non-hydrogen) atoms. The van der Waals surface area contributed by atoms with Crippen LogP contribution in [0.2, 0.25) is 0 Å². The van der Waals surface area contributed by atoms with Gasteiger partial charge in [-0.3, -0.25) is 4.98 Å². The van der Waals surface area contributed by atoms with Gasteiger partial charge in [-0.15, -0.1) is 0 Å². The maximum Gasteiger partial charge on any atom is 0.141 e. The van der Waals surface area contributed by atoms with E-state index in [0.717, 1.165) is 25.1 Å². The molecule has 3 heteroatoms. The smallest absolute Gasteiger partial charge is 0.141 e. The number of aromatic nitrogens is 1. The van der Waals surface area contributed by atoms with Crippen molar-refractivity contribution in [2.75, 3.05) is 6.54 Å². The van der Waals surface area contributed by atoms with Crippen molar-refractivity contribution < 1.29 is 4.39 Å². The second-order valence-electron chi connectivity index (χ2n) is 4.48. The first-order valence-corrected chi connectivity index (χ1v) is 5.98. The van der Waals surface area contributed by atoms with E-state index >= 15 is 0 Å². The van der Waals surface area contributed by atoms with Crippen LogP contribution in [0.5, 0.6) is 0 Å². The molecular formula is C13H21FN2. The molecule has 90 valence electrons. The molecule has 1 aromatic rings. The zero-order chi connectivity index (χ0) is 12.0. The summed E-state index contributed by atoms with van der Waals surface area (Å²) in [6.07, 6.45) is 3.48. The summed E-state index contributed by atoms with van der Waals surface area (Å²) in [4.78, 5) is 4.14. The molecule has 1 aromatic heterocycles. The average Bonchev–Trinajstić information content (AvgIpc) is 2.25. The van der Waals surface area contributed by atoms with Crippen molar-refractivity contribution in [3.05, 3.63) is 29.8 Å². The predicted molar refractivity (Wildman–Crippen MR) is 64.7 cm³/mol. The lowest BCUT2D eigenvalue weighted by Gasteiger charge is -2.18. The van der Waals surface area contributed by atoms with Crippen molar-refractivity contribution >= 4 is 0 Å². The molecule has 1 rings (SSSR count). The molecule has 1 atom stereocenters. The third kappa shape index (κ3) is 4.27. The quantitative estimate of drug-likeness (QED) is 0.802. The van der Waals surface area contributed by atoms with Crippen LogP contribution in [0, 0.1) is 11.7 Å². The van der Waals surface area contributed by atoms with Gasteiger partial charge >= 0.3 is 0 Å². The van der Waals surface area contributed by atoms with Crippen LogP contribution in [0.4, 0.5) is 4.39 Å². The lowest BCUT2D eigenvalue weighted by Crippen LogP contribution is -2.22. The molecule has 1 heterocycles. The molecule has 2 nitrogen and oxygen atoms in total. The van der Waals surface area contributed by atoms with E-state index in [0.29, 0.717) is 5.92 Å². The minimum absolute atomic E-state index is 0.244. The second-order valence-corrected chi connectivity index (χ2v) is 4.48. The average molecular weight is 224 g/mol. The summed E-state index contributed by atoms with van der Waals surface area (Å²) in [5.74, 6) is 0.407. The van der Waals surface area contributed by atoms with Crippen molar-refractivity contribution in [3.8, 4) is 0 Å². The van der Waals surface area contributed by atoms with Crippen molar-refractivity contribution in [1.29, 1.82) is 0 Å². The van der Waals surface area contributed by atoms with E-state index in [4.69, 9.17) is 0 Å². The van der Waals surface area contributed by atoms with Crippen LogP contribution in [-0.2, 0) is 0 Å². The third-order valence-electron chi connectivity index (χ3n) is 2.59. The Hall–Kier alpha value is -0.960. The van der Waals surface area contributed by atoms with Gasteiger partial charge in [-0.2, -0.15) is 0 Å². The van der Waals surface area contributed by atoms with E-state index in [-0.39, 0.29) is 11.9 Å². The highest BCUT2D eigenvalue weighted by Crippen LogP contribution is 2.19. The van der Waals surface area contributed by atoms with E-state index < -0.39 is 0 Å². The third-order valence-corrected chi connectivity index (χ3v) is 2.59. The van der Waals surface area contributed by atoms with Crippen molar-refractivity contribution in [1.82, 2.24) is 10.3 Å². The molecular weight excluding hydrogens is 203 g/mol. The number of pyridine rings is 1.